The van der Waals surface area contributed by atoms with Gasteiger partial charge in [-0.3, -0.25) is 5.10 Å². The van der Waals surface area contributed by atoms with Crippen molar-refractivity contribution >= 4 is 22.2 Å². The van der Waals surface area contributed by atoms with Crippen LogP contribution >= 0.6 is 11.3 Å². The summed E-state index contributed by atoms with van der Waals surface area (Å²) < 4.78 is 0. The lowest BCUT2D eigenvalue weighted by atomic mass is 10.2. The Morgan fingerprint density at radius 3 is 2.75 bits per heavy atom. The van der Waals surface area contributed by atoms with E-state index in [2.05, 4.69) is 20.2 Å². The van der Waals surface area contributed by atoms with Crippen LogP contribution in [0.4, 0.5) is 0 Å². The van der Waals surface area contributed by atoms with Crippen LogP contribution in [-0.4, -0.2) is 20.2 Å². The second kappa shape index (κ2) is 4.54. The minimum Gasteiger partial charge on any atom is -0.258 e. The molecule has 5 heteroatoms. The van der Waals surface area contributed by atoms with E-state index in [0.717, 1.165) is 27.3 Å². The number of fused-ring (bicyclic) bond motifs is 1. The predicted octanol–water partition coefficient (Wildman–Crippen LogP) is 3.75. The van der Waals surface area contributed by atoms with Gasteiger partial charge in [-0.05, 0) is 23.6 Å². The summed E-state index contributed by atoms with van der Waals surface area (Å²) in [4.78, 5) is 10.2. The topological polar surface area (TPSA) is 54.5 Å². The second-order valence-corrected chi connectivity index (χ2v) is 5.32. The van der Waals surface area contributed by atoms with Crippen molar-refractivity contribution < 1.29 is 0 Å². The SMILES string of the molecule is c1csc(-c2nc(-c3ccc4ccccc4n3)n[nH]2)c1. The molecular formula is C15H10N4S. The van der Waals surface area contributed by atoms with Gasteiger partial charge < -0.3 is 0 Å². The molecule has 0 bridgehead atoms. The molecule has 0 fully saturated rings. The first-order chi connectivity index (χ1) is 9.90. The van der Waals surface area contributed by atoms with E-state index >= 15 is 0 Å². The van der Waals surface area contributed by atoms with Crippen molar-refractivity contribution in [2.45, 2.75) is 0 Å². The molecule has 1 aromatic carbocycles. The van der Waals surface area contributed by atoms with E-state index in [0.29, 0.717) is 5.82 Å². The number of nitrogens with one attached hydrogen (secondary N) is 1. The summed E-state index contributed by atoms with van der Waals surface area (Å²) in [6, 6.07) is 16.0. The molecule has 0 atom stereocenters. The first kappa shape index (κ1) is 11.3. The van der Waals surface area contributed by atoms with Gasteiger partial charge >= 0.3 is 0 Å². The number of para-hydroxylation sites is 1. The number of benzene rings is 1. The van der Waals surface area contributed by atoms with E-state index in [9.17, 15) is 0 Å². The largest absolute Gasteiger partial charge is 0.258 e. The Kier molecular flexibility index (Phi) is 2.57. The summed E-state index contributed by atoms with van der Waals surface area (Å²) in [6.07, 6.45) is 0. The zero-order chi connectivity index (χ0) is 13.4. The third-order valence-electron chi connectivity index (χ3n) is 3.07. The molecule has 0 amide bonds. The molecule has 0 saturated carbocycles. The lowest BCUT2D eigenvalue weighted by molar-refractivity contribution is 1.09. The molecule has 0 aliphatic rings. The highest BCUT2D eigenvalue weighted by Gasteiger charge is 2.09. The average molecular weight is 278 g/mol. The smallest absolute Gasteiger partial charge is 0.200 e. The summed E-state index contributed by atoms with van der Waals surface area (Å²) >= 11 is 1.63. The summed E-state index contributed by atoms with van der Waals surface area (Å²) in [5.41, 5.74) is 1.73. The Hall–Kier alpha value is -2.53. The molecule has 3 aromatic heterocycles. The molecule has 3 heterocycles. The zero-order valence-electron chi connectivity index (χ0n) is 10.4. The molecule has 0 aliphatic carbocycles. The van der Waals surface area contributed by atoms with E-state index in [1.54, 1.807) is 11.3 Å². The van der Waals surface area contributed by atoms with Crippen LogP contribution in [0.25, 0.3) is 33.1 Å². The van der Waals surface area contributed by atoms with Gasteiger partial charge in [0.05, 0.1) is 10.4 Å². The molecule has 0 unspecified atom stereocenters. The van der Waals surface area contributed by atoms with Crippen molar-refractivity contribution in [1.82, 2.24) is 20.2 Å². The molecule has 0 spiro atoms. The summed E-state index contributed by atoms with van der Waals surface area (Å²) in [6.45, 7) is 0. The van der Waals surface area contributed by atoms with Crippen molar-refractivity contribution in [3.8, 4) is 22.2 Å². The van der Waals surface area contributed by atoms with E-state index in [4.69, 9.17) is 0 Å². The van der Waals surface area contributed by atoms with Gasteiger partial charge in [-0.15, -0.1) is 11.3 Å². The van der Waals surface area contributed by atoms with Crippen molar-refractivity contribution in [3.63, 3.8) is 0 Å². The number of rotatable bonds is 2. The van der Waals surface area contributed by atoms with Crippen molar-refractivity contribution in [1.29, 1.82) is 0 Å². The molecule has 96 valence electrons. The maximum atomic E-state index is 4.60. The molecule has 0 saturated heterocycles. The van der Waals surface area contributed by atoms with Gasteiger partial charge in [0.2, 0.25) is 0 Å². The Balaban J connectivity index is 1.79. The van der Waals surface area contributed by atoms with Crippen molar-refractivity contribution in [3.05, 3.63) is 53.9 Å². The minimum absolute atomic E-state index is 0.624. The van der Waals surface area contributed by atoms with Gasteiger partial charge in [0.1, 0.15) is 5.69 Å². The maximum absolute atomic E-state index is 4.60. The van der Waals surface area contributed by atoms with Gasteiger partial charge in [-0.1, -0.05) is 30.3 Å². The van der Waals surface area contributed by atoms with Gasteiger partial charge in [0.15, 0.2) is 11.6 Å². The van der Waals surface area contributed by atoms with Gasteiger partial charge in [0, 0.05) is 5.39 Å². The molecule has 4 aromatic rings. The monoisotopic (exact) mass is 278 g/mol. The first-order valence-corrected chi connectivity index (χ1v) is 7.10. The van der Waals surface area contributed by atoms with Crippen LogP contribution in [-0.2, 0) is 0 Å². The fourth-order valence-corrected chi connectivity index (χ4v) is 2.75. The zero-order valence-corrected chi connectivity index (χ0v) is 11.3. The van der Waals surface area contributed by atoms with Gasteiger partial charge in [0.25, 0.3) is 0 Å². The van der Waals surface area contributed by atoms with Gasteiger partial charge in [-0.2, -0.15) is 5.10 Å². The Labute approximate surface area is 119 Å². The number of hydrogen-bond donors (Lipinski definition) is 1. The third-order valence-corrected chi connectivity index (χ3v) is 3.94. The highest BCUT2D eigenvalue weighted by Crippen LogP contribution is 2.23. The molecule has 4 nitrogen and oxygen atoms in total. The summed E-state index contributed by atoms with van der Waals surface area (Å²) in [5, 5.41) is 10.4. The van der Waals surface area contributed by atoms with Crippen LogP contribution in [0.2, 0.25) is 0 Å². The normalized spacial score (nSPS) is 11.0. The minimum atomic E-state index is 0.624. The van der Waals surface area contributed by atoms with E-state index in [-0.39, 0.29) is 0 Å². The number of thiophene rings is 1. The predicted molar refractivity (Wildman–Crippen MR) is 80.4 cm³/mol. The quantitative estimate of drug-likeness (QED) is 0.607. The second-order valence-electron chi connectivity index (χ2n) is 4.37. The number of pyridine rings is 1. The number of aromatic amines is 1. The van der Waals surface area contributed by atoms with Crippen LogP contribution in [0.15, 0.2) is 53.9 Å². The van der Waals surface area contributed by atoms with Crippen LogP contribution in [0.5, 0.6) is 0 Å². The lowest BCUT2D eigenvalue weighted by Crippen LogP contribution is -1.87. The lowest BCUT2D eigenvalue weighted by Gasteiger charge is -1.98. The van der Waals surface area contributed by atoms with Crippen molar-refractivity contribution in [2.24, 2.45) is 0 Å². The summed E-state index contributed by atoms with van der Waals surface area (Å²) in [7, 11) is 0. The molecule has 1 N–H and O–H groups in total. The fraction of sp³-hybridized carbons (Fsp3) is 0. The highest BCUT2D eigenvalue weighted by molar-refractivity contribution is 7.13. The molecule has 4 rings (SSSR count). The van der Waals surface area contributed by atoms with Crippen LogP contribution in [0.1, 0.15) is 0 Å². The maximum Gasteiger partial charge on any atom is 0.200 e. The van der Waals surface area contributed by atoms with Crippen molar-refractivity contribution in [2.75, 3.05) is 0 Å². The first-order valence-electron chi connectivity index (χ1n) is 6.22. The molecular weight excluding hydrogens is 268 g/mol. The number of H-pyrrole nitrogens is 1. The standard InChI is InChI=1S/C15H10N4S/c1-2-5-11-10(4-1)7-8-12(16-11)14-17-15(19-18-14)13-6-3-9-20-13/h1-9H,(H,17,18,19). The van der Waals surface area contributed by atoms with Crippen LogP contribution in [0.3, 0.4) is 0 Å². The average Bonchev–Trinajstić information content (AvgIpc) is 3.17. The van der Waals surface area contributed by atoms with E-state index < -0.39 is 0 Å². The Morgan fingerprint density at radius 2 is 1.85 bits per heavy atom. The molecule has 20 heavy (non-hydrogen) atoms. The Morgan fingerprint density at radius 1 is 0.900 bits per heavy atom. The van der Waals surface area contributed by atoms with E-state index in [1.165, 1.54) is 0 Å². The fourth-order valence-electron chi connectivity index (χ4n) is 2.09. The molecule has 0 aliphatic heterocycles. The number of hydrogen-bond acceptors (Lipinski definition) is 4. The van der Waals surface area contributed by atoms with E-state index in [1.807, 2.05) is 53.9 Å². The van der Waals surface area contributed by atoms with Gasteiger partial charge in [-0.25, -0.2) is 9.97 Å². The highest BCUT2D eigenvalue weighted by atomic mass is 32.1. The van der Waals surface area contributed by atoms with Crippen LogP contribution in [0, 0.1) is 0 Å². The Bertz CT molecular complexity index is 864. The third kappa shape index (κ3) is 1.88. The number of aromatic nitrogens is 4. The van der Waals surface area contributed by atoms with Crippen LogP contribution < -0.4 is 0 Å². The molecule has 0 radical (unpaired) electrons. The number of nitrogens with zero attached hydrogens (tertiary/aromatic N) is 3. The summed E-state index contributed by atoms with van der Waals surface area (Å²) in [5.74, 6) is 1.41.